The fourth-order valence-electron chi connectivity index (χ4n) is 1.76. The number of anilines is 1. The summed E-state index contributed by atoms with van der Waals surface area (Å²) >= 11 is 0. The smallest absolute Gasteiger partial charge is 0.225 e. The van der Waals surface area contributed by atoms with Crippen molar-refractivity contribution >= 4 is 21.4 Å². The fourth-order valence-corrected chi connectivity index (χ4v) is 3.02. The van der Waals surface area contributed by atoms with Gasteiger partial charge in [-0.3, -0.25) is 4.79 Å². The van der Waals surface area contributed by atoms with Crippen LogP contribution in [0.1, 0.15) is 6.42 Å². The molecule has 1 N–H and O–H groups in total. The maximum absolute atomic E-state index is 13.0. The van der Waals surface area contributed by atoms with E-state index >= 15 is 0 Å². The van der Waals surface area contributed by atoms with Crippen molar-refractivity contribution in [3.05, 3.63) is 60.4 Å². The summed E-state index contributed by atoms with van der Waals surface area (Å²) in [6, 6.07) is 13.4. The molecule has 0 saturated carbocycles. The Bertz CT molecular complexity index is 730. The second-order valence-corrected chi connectivity index (χ2v) is 6.55. The van der Waals surface area contributed by atoms with E-state index < -0.39 is 21.6 Å². The van der Waals surface area contributed by atoms with Crippen LogP contribution < -0.4 is 5.32 Å². The second-order valence-electron chi connectivity index (χ2n) is 4.44. The Kier molecular flexibility index (Phi) is 4.70. The summed E-state index contributed by atoms with van der Waals surface area (Å²) in [6.07, 6.45) is -0.187. The van der Waals surface area contributed by atoms with Crippen molar-refractivity contribution in [3.8, 4) is 0 Å². The van der Waals surface area contributed by atoms with Gasteiger partial charge in [0.25, 0.3) is 0 Å². The Morgan fingerprint density at radius 3 is 2.43 bits per heavy atom. The molecule has 0 atom stereocenters. The van der Waals surface area contributed by atoms with Crippen molar-refractivity contribution in [1.82, 2.24) is 0 Å². The van der Waals surface area contributed by atoms with Gasteiger partial charge in [0.15, 0.2) is 9.84 Å². The zero-order valence-electron chi connectivity index (χ0n) is 11.1. The molecule has 2 aromatic rings. The predicted molar refractivity (Wildman–Crippen MR) is 78.1 cm³/mol. The van der Waals surface area contributed by atoms with E-state index in [4.69, 9.17) is 0 Å². The van der Waals surface area contributed by atoms with Crippen LogP contribution in [0.5, 0.6) is 0 Å². The minimum Gasteiger partial charge on any atom is -0.326 e. The largest absolute Gasteiger partial charge is 0.326 e. The summed E-state index contributed by atoms with van der Waals surface area (Å²) in [7, 11) is -3.49. The molecule has 21 heavy (non-hydrogen) atoms. The van der Waals surface area contributed by atoms with E-state index in [1.165, 1.54) is 36.4 Å². The molecular formula is C15H14FNO3S. The molecule has 2 aromatic carbocycles. The molecule has 0 aliphatic heterocycles. The van der Waals surface area contributed by atoms with Gasteiger partial charge in [0.1, 0.15) is 5.82 Å². The molecule has 0 heterocycles. The van der Waals surface area contributed by atoms with Gasteiger partial charge in [-0.15, -0.1) is 0 Å². The van der Waals surface area contributed by atoms with Crippen molar-refractivity contribution in [2.75, 3.05) is 11.1 Å². The van der Waals surface area contributed by atoms with E-state index in [0.717, 1.165) is 0 Å². The Hall–Kier alpha value is -2.21. The highest BCUT2D eigenvalue weighted by Gasteiger charge is 2.16. The Balaban J connectivity index is 1.95. The molecular weight excluding hydrogens is 293 g/mol. The normalized spacial score (nSPS) is 11.1. The maximum atomic E-state index is 13.0. The molecule has 0 fully saturated rings. The Morgan fingerprint density at radius 2 is 1.76 bits per heavy atom. The lowest BCUT2D eigenvalue weighted by Crippen LogP contribution is -2.17. The van der Waals surface area contributed by atoms with Gasteiger partial charge in [0.2, 0.25) is 5.91 Å². The van der Waals surface area contributed by atoms with Crippen LogP contribution in [-0.4, -0.2) is 20.1 Å². The first-order chi connectivity index (χ1) is 9.97. The first-order valence-corrected chi connectivity index (χ1v) is 7.96. The molecule has 110 valence electrons. The number of carbonyl (C=O) groups excluding carboxylic acids is 1. The van der Waals surface area contributed by atoms with Crippen molar-refractivity contribution in [2.45, 2.75) is 11.3 Å². The third-order valence-corrected chi connectivity index (χ3v) is 4.54. The molecule has 0 aromatic heterocycles. The molecule has 1 amide bonds. The van der Waals surface area contributed by atoms with Crippen LogP contribution in [0.4, 0.5) is 10.1 Å². The highest BCUT2D eigenvalue weighted by atomic mass is 32.2. The van der Waals surface area contributed by atoms with E-state index in [9.17, 15) is 17.6 Å². The fraction of sp³-hybridized carbons (Fsp3) is 0.133. The summed E-state index contributed by atoms with van der Waals surface area (Å²) in [4.78, 5) is 11.9. The topological polar surface area (TPSA) is 63.2 Å². The predicted octanol–water partition coefficient (Wildman–Crippen LogP) is 2.63. The Morgan fingerprint density at radius 1 is 1.05 bits per heavy atom. The van der Waals surface area contributed by atoms with Crippen LogP contribution in [0, 0.1) is 5.82 Å². The number of benzene rings is 2. The summed E-state index contributed by atoms with van der Waals surface area (Å²) < 4.78 is 37.0. The van der Waals surface area contributed by atoms with Crippen LogP contribution in [0.2, 0.25) is 0 Å². The van der Waals surface area contributed by atoms with Crippen molar-refractivity contribution in [2.24, 2.45) is 0 Å². The lowest BCUT2D eigenvalue weighted by atomic mass is 10.3. The van der Waals surface area contributed by atoms with E-state index in [2.05, 4.69) is 5.32 Å². The van der Waals surface area contributed by atoms with Crippen LogP contribution in [-0.2, 0) is 14.6 Å². The van der Waals surface area contributed by atoms with E-state index in [1.54, 1.807) is 18.2 Å². The molecule has 0 spiro atoms. The van der Waals surface area contributed by atoms with E-state index in [-0.39, 0.29) is 17.1 Å². The maximum Gasteiger partial charge on any atom is 0.225 e. The quantitative estimate of drug-likeness (QED) is 0.923. The van der Waals surface area contributed by atoms with Gasteiger partial charge in [-0.1, -0.05) is 24.3 Å². The standard InChI is InChI=1S/C15H14FNO3S/c16-12-5-4-6-13(11-12)17-15(18)9-10-21(19,20)14-7-2-1-3-8-14/h1-8,11H,9-10H2,(H,17,18). The molecule has 0 bridgehead atoms. The lowest BCUT2D eigenvalue weighted by Gasteiger charge is -2.06. The van der Waals surface area contributed by atoms with Crippen LogP contribution >= 0.6 is 0 Å². The van der Waals surface area contributed by atoms with Gasteiger partial charge < -0.3 is 5.32 Å². The van der Waals surface area contributed by atoms with Crippen molar-refractivity contribution in [3.63, 3.8) is 0 Å². The third-order valence-electron chi connectivity index (χ3n) is 2.81. The molecule has 0 saturated heterocycles. The molecule has 4 nitrogen and oxygen atoms in total. The minimum atomic E-state index is -3.49. The van der Waals surface area contributed by atoms with Gasteiger partial charge in [-0.2, -0.15) is 0 Å². The summed E-state index contributed by atoms with van der Waals surface area (Å²) in [6.45, 7) is 0. The first-order valence-electron chi connectivity index (χ1n) is 6.30. The highest BCUT2D eigenvalue weighted by Crippen LogP contribution is 2.13. The van der Waals surface area contributed by atoms with Gasteiger partial charge >= 0.3 is 0 Å². The number of nitrogens with one attached hydrogen (secondary N) is 1. The highest BCUT2D eigenvalue weighted by molar-refractivity contribution is 7.91. The van der Waals surface area contributed by atoms with Gasteiger partial charge in [-0.25, -0.2) is 12.8 Å². The number of halogens is 1. The van der Waals surface area contributed by atoms with Crippen LogP contribution in [0.25, 0.3) is 0 Å². The first kappa shape index (κ1) is 15.2. The van der Waals surface area contributed by atoms with Crippen molar-refractivity contribution in [1.29, 1.82) is 0 Å². The number of rotatable bonds is 5. The van der Waals surface area contributed by atoms with Gasteiger partial charge in [0.05, 0.1) is 10.6 Å². The van der Waals surface area contributed by atoms with Crippen LogP contribution in [0.3, 0.4) is 0 Å². The number of amides is 1. The molecule has 0 aliphatic rings. The zero-order valence-corrected chi connectivity index (χ0v) is 11.9. The second kappa shape index (κ2) is 6.49. The average Bonchev–Trinajstić information content (AvgIpc) is 2.46. The van der Waals surface area contributed by atoms with Gasteiger partial charge in [-0.05, 0) is 30.3 Å². The molecule has 2 rings (SSSR count). The van der Waals surface area contributed by atoms with Gasteiger partial charge in [0, 0.05) is 12.1 Å². The minimum absolute atomic E-state index is 0.184. The van der Waals surface area contributed by atoms with E-state index in [0.29, 0.717) is 5.69 Å². The summed E-state index contributed by atoms with van der Waals surface area (Å²) in [5, 5.41) is 2.46. The number of carbonyl (C=O) groups is 1. The van der Waals surface area contributed by atoms with Crippen LogP contribution in [0.15, 0.2) is 59.5 Å². The zero-order chi connectivity index (χ0) is 15.3. The summed E-state index contributed by atoms with van der Waals surface area (Å²) in [5.74, 6) is -1.23. The van der Waals surface area contributed by atoms with Crippen molar-refractivity contribution < 1.29 is 17.6 Å². The number of hydrogen-bond donors (Lipinski definition) is 1. The Labute approximate surface area is 122 Å². The molecule has 0 unspecified atom stereocenters. The number of hydrogen-bond acceptors (Lipinski definition) is 3. The SMILES string of the molecule is O=C(CCS(=O)(=O)c1ccccc1)Nc1cccc(F)c1. The molecule has 0 aliphatic carbocycles. The summed E-state index contributed by atoms with van der Waals surface area (Å²) in [5.41, 5.74) is 0.303. The lowest BCUT2D eigenvalue weighted by molar-refractivity contribution is -0.115. The number of sulfone groups is 1. The average molecular weight is 307 g/mol. The molecule has 6 heteroatoms. The molecule has 0 radical (unpaired) electrons. The third kappa shape index (κ3) is 4.39. The monoisotopic (exact) mass is 307 g/mol. The van der Waals surface area contributed by atoms with E-state index in [1.807, 2.05) is 0 Å².